The molecule has 19 heavy (non-hydrogen) atoms. The van der Waals surface area contributed by atoms with Gasteiger partial charge in [-0.15, -0.1) is 0 Å². The smallest absolute Gasteiger partial charge is 0.245 e. The van der Waals surface area contributed by atoms with E-state index in [1.54, 1.807) is 0 Å². The Kier molecular flexibility index (Phi) is 4.83. The number of hydrogen-bond acceptors (Lipinski definition) is 2. The molecule has 2 rings (SSSR count). The molecule has 2 aliphatic rings. The fourth-order valence-electron chi connectivity index (χ4n) is 3.36. The molecule has 1 aliphatic carbocycles. The molecule has 0 bridgehead atoms. The first-order valence-electron chi connectivity index (χ1n) is 7.68. The first kappa shape index (κ1) is 14.4. The molecule has 4 nitrogen and oxygen atoms in total. The molecule has 1 saturated carbocycles. The maximum Gasteiger partial charge on any atom is 0.245 e. The van der Waals surface area contributed by atoms with Gasteiger partial charge in [-0.3, -0.25) is 9.59 Å². The molecule has 1 saturated heterocycles. The van der Waals surface area contributed by atoms with Gasteiger partial charge in [0.2, 0.25) is 11.8 Å². The van der Waals surface area contributed by atoms with Crippen LogP contribution in [0.2, 0.25) is 0 Å². The second-order valence-corrected chi connectivity index (χ2v) is 6.23. The quantitative estimate of drug-likeness (QED) is 0.845. The maximum absolute atomic E-state index is 12.5. The molecule has 0 aromatic carbocycles. The van der Waals surface area contributed by atoms with Crippen molar-refractivity contribution in [3.05, 3.63) is 0 Å². The second-order valence-electron chi connectivity index (χ2n) is 6.23. The van der Waals surface area contributed by atoms with Crippen LogP contribution in [-0.4, -0.2) is 35.8 Å². The fraction of sp³-hybridized carbons (Fsp3) is 0.867. The molecular weight excluding hydrogens is 240 g/mol. The summed E-state index contributed by atoms with van der Waals surface area (Å²) in [6, 6.07) is -0.293. The highest BCUT2D eigenvalue weighted by atomic mass is 16.2. The summed E-state index contributed by atoms with van der Waals surface area (Å²) in [4.78, 5) is 26.1. The predicted molar refractivity (Wildman–Crippen MR) is 74.5 cm³/mol. The largest absolute Gasteiger partial charge is 0.344 e. The number of carbonyl (C=O) groups is 2. The zero-order chi connectivity index (χ0) is 13.8. The van der Waals surface area contributed by atoms with E-state index in [0.717, 1.165) is 25.3 Å². The van der Waals surface area contributed by atoms with Gasteiger partial charge >= 0.3 is 0 Å². The number of hydrogen-bond donors (Lipinski definition) is 1. The Balaban J connectivity index is 1.97. The van der Waals surface area contributed by atoms with Crippen molar-refractivity contribution in [2.75, 3.05) is 13.1 Å². The number of carbonyl (C=O) groups excluding carboxylic acids is 2. The van der Waals surface area contributed by atoms with Gasteiger partial charge in [0.1, 0.15) is 6.04 Å². The van der Waals surface area contributed by atoms with Crippen LogP contribution in [0.1, 0.15) is 52.4 Å². The monoisotopic (exact) mass is 266 g/mol. The molecule has 3 unspecified atom stereocenters. The van der Waals surface area contributed by atoms with E-state index in [0.29, 0.717) is 18.9 Å². The van der Waals surface area contributed by atoms with Gasteiger partial charge in [0.05, 0.1) is 0 Å². The van der Waals surface area contributed by atoms with Gasteiger partial charge in [-0.2, -0.15) is 0 Å². The molecule has 0 spiro atoms. The zero-order valence-corrected chi connectivity index (χ0v) is 12.2. The van der Waals surface area contributed by atoms with Crippen LogP contribution >= 0.6 is 0 Å². The van der Waals surface area contributed by atoms with Crippen molar-refractivity contribution in [2.45, 2.75) is 58.4 Å². The van der Waals surface area contributed by atoms with Gasteiger partial charge in [0.25, 0.3) is 0 Å². The number of amides is 2. The van der Waals surface area contributed by atoms with Crippen LogP contribution < -0.4 is 5.32 Å². The molecule has 0 aromatic heterocycles. The highest BCUT2D eigenvalue weighted by Gasteiger charge is 2.32. The van der Waals surface area contributed by atoms with Crippen molar-refractivity contribution < 1.29 is 9.59 Å². The van der Waals surface area contributed by atoms with Crippen molar-refractivity contribution in [3.8, 4) is 0 Å². The molecule has 4 heteroatoms. The van der Waals surface area contributed by atoms with Crippen LogP contribution in [0.5, 0.6) is 0 Å². The minimum atomic E-state index is -0.293. The lowest BCUT2D eigenvalue weighted by molar-refractivity contribution is -0.134. The van der Waals surface area contributed by atoms with Gasteiger partial charge in [-0.05, 0) is 31.1 Å². The third-order valence-electron chi connectivity index (χ3n) is 4.41. The zero-order valence-electron chi connectivity index (χ0n) is 12.2. The Labute approximate surface area is 115 Å². The highest BCUT2D eigenvalue weighted by molar-refractivity contribution is 5.89. The Bertz CT molecular complexity index is 343. The third kappa shape index (κ3) is 3.71. The fourth-order valence-corrected chi connectivity index (χ4v) is 3.36. The summed E-state index contributed by atoms with van der Waals surface area (Å²) in [5, 5.41) is 2.86. The standard InChI is InChI=1S/C15H26N2O2/c1-3-4-13-15(19)17(8-7-14(18)16-13)10-12-6-5-11(2)9-12/h11-13H,3-10H2,1-2H3,(H,16,18). The molecule has 2 amide bonds. The van der Waals surface area contributed by atoms with Crippen molar-refractivity contribution in [1.29, 1.82) is 0 Å². The predicted octanol–water partition coefficient (Wildman–Crippen LogP) is 1.94. The molecule has 2 fully saturated rings. The van der Waals surface area contributed by atoms with Crippen molar-refractivity contribution in [3.63, 3.8) is 0 Å². The first-order valence-corrected chi connectivity index (χ1v) is 7.68. The summed E-state index contributed by atoms with van der Waals surface area (Å²) in [7, 11) is 0. The second kappa shape index (κ2) is 6.40. The summed E-state index contributed by atoms with van der Waals surface area (Å²) >= 11 is 0. The van der Waals surface area contributed by atoms with Crippen LogP contribution in [0, 0.1) is 11.8 Å². The van der Waals surface area contributed by atoms with Gasteiger partial charge in [0, 0.05) is 19.5 Å². The van der Waals surface area contributed by atoms with Gasteiger partial charge in [-0.1, -0.05) is 26.7 Å². The molecule has 108 valence electrons. The summed E-state index contributed by atoms with van der Waals surface area (Å²) in [6.45, 7) is 5.77. The molecule has 0 radical (unpaired) electrons. The Morgan fingerprint density at radius 1 is 1.32 bits per heavy atom. The van der Waals surface area contributed by atoms with Crippen LogP contribution in [0.3, 0.4) is 0 Å². The van der Waals surface area contributed by atoms with Crippen LogP contribution in [0.15, 0.2) is 0 Å². The van der Waals surface area contributed by atoms with E-state index >= 15 is 0 Å². The van der Waals surface area contributed by atoms with E-state index in [1.165, 1.54) is 19.3 Å². The third-order valence-corrected chi connectivity index (χ3v) is 4.41. The Morgan fingerprint density at radius 3 is 2.74 bits per heavy atom. The van der Waals surface area contributed by atoms with Crippen LogP contribution in [0.25, 0.3) is 0 Å². The van der Waals surface area contributed by atoms with Crippen molar-refractivity contribution >= 4 is 11.8 Å². The minimum Gasteiger partial charge on any atom is -0.344 e. The molecule has 1 aliphatic heterocycles. The maximum atomic E-state index is 12.5. The number of nitrogens with zero attached hydrogens (tertiary/aromatic N) is 1. The van der Waals surface area contributed by atoms with Crippen LogP contribution in [0.4, 0.5) is 0 Å². The van der Waals surface area contributed by atoms with E-state index in [2.05, 4.69) is 12.2 Å². The van der Waals surface area contributed by atoms with Crippen LogP contribution in [-0.2, 0) is 9.59 Å². The molecule has 0 aromatic rings. The van der Waals surface area contributed by atoms with E-state index < -0.39 is 0 Å². The average Bonchev–Trinajstić information content (AvgIpc) is 2.73. The topological polar surface area (TPSA) is 49.4 Å². The Hall–Kier alpha value is -1.06. The van der Waals surface area contributed by atoms with E-state index in [-0.39, 0.29) is 17.9 Å². The summed E-state index contributed by atoms with van der Waals surface area (Å²) in [5.41, 5.74) is 0. The van der Waals surface area contributed by atoms with Gasteiger partial charge in [0.15, 0.2) is 0 Å². The highest BCUT2D eigenvalue weighted by Crippen LogP contribution is 2.31. The summed E-state index contributed by atoms with van der Waals surface area (Å²) in [5.74, 6) is 1.58. The van der Waals surface area contributed by atoms with Crippen molar-refractivity contribution in [2.24, 2.45) is 11.8 Å². The summed E-state index contributed by atoms with van der Waals surface area (Å²) in [6.07, 6.45) is 5.86. The first-order chi connectivity index (χ1) is 9.10. The number of nitrogens with one attached hydrogen (secondary N) is 1. The number of rotatable bonds is 4. The van der Waals surface area contributed by atoms with E-state index in [9.17, 15) is 9.59 Å². The summed E-state index contributed by atoms with van der Waals surface area (Å²) < 4.78 is 0. The molecule has 3 atom stereocenters. The van der Waals surface area contributed by atoms with E-state index in [1.807, 2.05) is 11.8 Å². The van der Waals surface area contributed by atoms with Gasteiger partial charge in [-0.25, -0.2) is 0 Å². The molecule has 1 heterocycles. The van der Waals surface area contributed by atoms with Gasteiger partial charge < -0.3 is 10.2 Å². The molecule has 1 N–H and O–H groups in total. The molecular formula is C15H26N2O2. The normalized spacial score (nSPS) is 32.3. The lowest BCUT2D eigenvalue weighted by Crippen LogP contribution is -2.45. The Morgan fingerprint density at radius 2 is 2.11 bits per heavy atom. The lowest BCUT2D eigenvalue weighted by Gasteiger charge is -2.26. The minimum absolute atomic E-state index is 0.0223. The van der Waals surface area contributed by atoms with Crippen molar-refractivity contribution in [1.82, 2.24) is 10.2 Å². The lowest BCUT2D eigenvalue weighted by atomic mass is 10.0. The van der Waals surface area contributed by atoms with E-state index in [4.69, 9.17) is 0 Å². The average molecular weight is 266 g/mol. The SMILES string of the molecule is CCCC1NC(=O)CCN(CC2CCC(C)C2)C1=O.